The minimum atomic E-state index is -0.214. The van der Waals surface area contributed by atoms with Crippen LogP contribution in [0.15, 0.2) is 12.4 Å². The van der Waals surface area contributed by atoms with Crippen molar-refractivity contribution < 1.29 is 9.47 Å². The third-order valence-electron chi connectivity index (χ3n) is 4.08. The molecule has 0 radical (unpaired) electrons. The lowest BCUT2D eigenvalue weighted by molar-refractivity contribution is -0.106. The molecular weight excluding hydrogens is 280 g/mol. The minimum Gasteiger partial charge on any atom is -0.382 e. The van der Waals surface area contributed by atoms with Gasteiger partial charge in [-0.2, -0.15) is 0 Å². The Morgan fingerprint density at radius 3 is 2.95 bits per heavy atom. The van der Waals surface area contributed by atoms with Gasteiger partial charge in [0.25, 0.3) is 0 Å². The Balaban J connectivity index is 1.69. The van der Waals surface area contributed by atoms with E-state index >= 15 is 0 Å². The second-order valence-electron chi connectivity index (χ2n) is 6.92. The van der Waals surface area contributed by atoms with E-state index in [9.17, 15) is 0 Å². The van der Waals surface area contributed by atoms with Crippen molar-refractivity contribution in [2.45, 2.75) is 38.4 Å². The molecule has 122 valence electrons. The molecule has 22 heavy (non-hydrogen) atoms. The van der Waals surface area contributed by atoms with Crippen LogP contribution in [0.25, 0.3) is 0 Å². The molecule has 1 aliphatic carbocycles. The second kappa shape index (κ2) is 6.38. The van der Waals surface area contributed by atoms with E-state index in [2.05, 4.69) is 34.0 Å². The smallest absolute Gasteiger partial charge is 0.134 e. The fraction of sp³-hybridized carbons (Fsp3) is 0.750. The number of nitrogens with one attached hydrogen (secondary N) is 1. The number of morpholine rings is 1. The van der Waals surface area contributed by atoms with Crippen molar-refractivity contribution in [2.24, 2.45) is 5.92 Å². The highest BCUT2D eigenvalue weighted by Gasteiger charge is 2.34. The zero-order valence-electron chi connectivity index (χ0n) is 13.7. The van der Waals surface area contributed by atoms with E-state index in [0.717, 1.165) is 37.2 Å². The number of rotatable bonds is 6. The van der Waals surface area contributed by atoms with Gasteiger partial charge in [0.05, 0.1) is 18.3 Å². The monoisotopic (exact) mass is 306 g/mol. The third-order valence-corrected chi connectivity index (χ3v) is 4.08. The lowest BCUT2D eigenvalue weighted by Gasteiger charge is -2.43. The van der Waals surface area contributed by atoms with Gasteiger partial charge in [0.1, 0.15) is 18.0 Å². The largest absolute Gasteiger partial charge is 0.382 e. The van der Waals surface area contributed by atoms with Crippen LogP contribution >= 0.6 is 0 Å². The summed E-state index contributed by atoms with van der Waals surface area (Å²) in [6, 6.07) is 2.04. The van der Waals surface area contributed by atoms with E-state index in [1.807, 2.05) is 6.07 Å². The van der Waals surface area contributed by atoms with Crippen LogP contribution in [0.5, 0.6) is 0 Å². The molecule has 1 saturated heterocycles. The molecule has 2 aliphatic rings. The fourth-order valence-electron chi connectivity index (χ4n) is 2.93. The summed E-state index contributed by atoms with van der Waals surface area (Å²) >= 11 is 0. The van der Waals surface area contributed by atoms with E-state index in [1.54, 1.807) is 13.4 Å². The van der Waals surface area contributed by atoms with E-state index in [0.29, 0.717) is 6.61 Å². The summed E-state index contributed by atoms with van der Waals surface area (Å²) in [4.78, 5) is 11.0. The predicted molar refractivity (Wildman–Crippen MR) is 86.3 cm³/mol. The van der Waals surface area contributed by atoms with Crippen LogP contribution in [0.3, 0.4) is 0 Å². The van der Waals surface area contributed by atoms with Crippen molar-refractivity contribution in [3.63, 3.8) is 0 Å². The zero-order valence-corrected chi connectivity index (χ0v) is 13.7. The molecule has 0 amide bonds. The summed E-state index contributed by atoms with van der Waals surface area (Å²) in [5.74, 6) is 2.68. The van der Waals surface area contributed by atoms with E-state index in [-0.39, 0.29) is 11.7 Å². The Morgan fingerprint density at radius 2 is 2.23 bits per heavy atom. The molecule has 0 unspecified atom stereocenters. The van der Waals surface area contributed by atoms with Crippen LogP contribution < -0.4 is 10.2 Å². The molecule has 1 N–H and O–H groups in total. The lowest BCUT2D eigenvalue weighted by Crippen LogP contribution is -2.54. The molecule has 3 rings (SSSR count). The fourth-order valence-corrected chi connectivity index (χ4v) is 2.93. The Kier molecular flexibility index (Phi) is 4.49. The molecule has 6 nitrogen and oxygen atoms in total. The van der Waals surface area contributed by atoms with Gasteiger partial charge in [-0.25, -0.2) is 9.97 Å². The number of nitrogens with zero attached hydrogens (tertiary/aromatic N) is 3. The molecule has 0 bridgehead atoms. The van der Waals surface area contributed by atoms with Crippen molar-refractivity contribution in [1.29, 1.82) is 0 Å². The highest BCUT2D eigenvalue weighted by molar-refractivity contribution is 5.49. The van der Waals surface area contributed by atoms with E-state index in [4.69, 9.17) is 9.47 Å². The molecule has 1 saturated carbocycles. The highest BCUT2D eigenvalue weighted by Crippen LogP contribution is 2.29. The van der Waals surface area contributed by atoms with Crippen molar-refractivity contribution in [3.05, 3.63) is 12.4 Å². The molecule has 1 aromatic heterocycles. The van der Waals surface area contributed by atoms with Gasteiger partial charge >= 0.3 is 0 Å². The first-order chi connectivity index (χ1) is 10.6. The normalized spacial score (nSPS) is 24.3. The predicted octanol–water partition coefficient (Wildman–Crippen LogP) is 1.93. The summed E-state index contributed by atoms with van der Waals surface area (Å²) in [6.07, 6.45) is 4.37. The average Bonchev–Trinajstić information content (AvgIpc) is 3.28. The van der Waals surface area contributed by atoms with Crippen molar-refractivity contribution >= 4 is 11.6 Å². The Morgan fingerprint density at radius 1 is 1.41 bits per heavy atom. The van der Waals surface area contributed by atoms with E-state index in [1.165, 1.54) is 12.8 Å². The lowest BCUT2D eigenvalue weighted by atomic mass is 10.1. The first-order valence-electron chi connectivity index (χ1n) is 8.03. The van der Waals surface area contributed by atoms with Gasteiger partial charge in [-0.3, -0.25) is 0 Å². The summed E-state index contributed by atoms with van der Waals surface area (Å²) in [6.45, 7) is 7.42. The Bertz CT molecular complexity index is 505. The molecule has 1 atom stereocenters. The first kappa shape index (κ1) is 15.5. The number of anilines is 2. The Hall–Kier alpha value is -1.40. The molecular formula is C16H26N4O2. The number of hydrogen-bond acceptors (Lipinski definition) is 6. The molecule has 2 fully saturated rings. The van der Waals surface area contributed by atoms with Crippen LogP contribution in [-0.4, -0.2) is 55.0 Å². The summed E-state index contributed by atoms with van der Waals surface area (Å²) in [5, 5.41) is 3.41. The molecule has 0 spiro atoms. The summed E-state index contributed by atoms with van der Waals surface area (Å²) in [5.41, 5.74) is -0.214. The summed E-state index contributed by atoms with van der Waals surface area (Å²) in [7, 11) is 1.71. The molecule has 6 heteroatoms. The van der Waals surface area contributed by atoms with Crippen molar-refractivity contribution in [2.75, 3.05) is 43.6 Å². The molecule has 1 aliphatic heterocycles. The van der Waals surface area contributed by atoms with Crippen LogP contribution in [-0.2, 0) is 9.47 Å². The minimum absolute atomic E-state index is 0.0617. The van der Waals surface area contributed by atoms with Crippen molar-refractivity contribution in [1.82, 2.24) is 9.97 Å². The van der Waals surface area contributed by atoms with Gasteiger partial charge < -0.3 is 19.7 Å². The Labute approximate surface area is 132 Å². The van der Waals surface area contributed by atoms with Gasteiger partial charge in [-0.1, -0.05) is 0 Å². The van der Waals surface area contributed by atoms with Crippen LogP contribution in [0.4, 0.5) is 11.6 Å². The van der Waals surface area contributed by atoms with Crippen molar-refractivity contribution in [3.8, 4) is 0 Å². The van der Waals surface area contributed by atoms with E-state index < -0.39 is 0 Å². The number of ether oxygens (including phenoxy) is 2. The second-order valence-corrected chi connectivity index (χ2v) is 6.92. The standard InChI is InChI=1S/C16H26N4O2/c1-16(2)10-20(8-13(22-16)9-21-3)15-6-14(18-11-19-15)17-7-12-4-5-12/h6,11-13H,4-5,7-10H2,1-3H3,(H,17,18,19)/t13-/m1/s1. The molecule has 2 heterocycles. The van der Waals surface area contributed by atoms with Gasteiger partial charge in [0.15, 0.2) is 0 Å². The summed E-state index contributed by atoms with van der Waals surface area (Å²) < 4.78 is 11.3. The molecule has 1 aromatic rings. The van der Waals surface area contributed by atoms with Crippen LogP contribution in [0.2, 0.25) is 0 Å². The number of aromatic nitrogens is 2. The SMILES string of the molecule is COC[C@H]1CN(c2cc(NCC3CC3)ncn2)CC(C)(C)O1. The van der Waals surface area contributed by atoms with Gasteiger partial charge in [0.2, 0.25) is 0 Å². The van der Waals surface area contributed by atoms with Gasteiger partial charge in [-0.15, -0.1) is 0 Å². The zero-order chi connectivity index (χ0) is 15.6. The quantitative estimate of drug-likeness (QED) is 0.866. The maximum atomic E-state index is 6.06. The topological polar surface area (TPSA) is 59.5 Å². The number of hydrogen-bond donors (Lipinski definition) is 1. The molecule has 0 aromatic carbocycles. The highest BCUT2D eigenvalue weighted by atomic mass is 16.5. The average molecular weight is 306 g/mol. The number of methoxy groups -OCH3 is 1. The van der Waals surface area contributed by atoms with Gasteiger partial charge in [0, 0.05) is 32.8 Å². The first-order valence-corrected chi connectivity index (χ1v) is 8.03. The van der Waals surface area contributed by atoms with Crippen LogP contribution in [0, 0.1) is 5.92 Å². The maximum absolute atomic E-state index is 6.06. The van der Waals surface area contributed by atoms with Gasteiger partial charge in [-0.05, 0) is 32.6 Å². The van der Waals surface area contributed by atoms with Crippen LogP contribution in [0.1, 0.15) is 26.7 Å². The maximum Gasteiger partial charge on any atom is 0.134 e. The third kappa shape index (κ3) is 4.08.